The standard InChI is InChI=1S/C24H28ClN5O4/c25-19-7-3-2-6-17(19)21(31)28-16-14-18(22(32)33)20(27-15-16)29-12-8-24(9-13-29,23(26)34)30-10-4-1-5-11-30/h2-3,6-7,14-15H,1,4-5,8-13H2,(H2,26,34)(H,28,31)(H,32,33). The molecule has 1 aromatic heterocycles. The van der Waals surface area contributed by atoms with E-state index in [0.29, 0.717) is 36.8 Å². The molecule has 2 amide bonds. The van der Waals surface area contributed by atoms with Crippen LogP contribution in [-0.2, 0) is 4.79 Å². The van der Waals surface area contributed by atoms with Crippen LogP contribution < -0.4 is 16.0 Å². The first-order chi connectivity index (χ1) is 16.3. The van der Waals surface area contributed by atoms with Crippen molar-refractivity contribution in [2.24, 2.45) is 5.73 Å². The van der Waals surface area contributed by atoms with Crippen molar-refractivity contribution in [2.75, 3.05) is 36.4 Å². The van der Waals surface area contributed by atoms with E-state index in [1.165, 1.54) is 12.3 Å². The molecule has 2 aliphatic rings. The number of carboxylic acid groups (broad SMARTS) is 1. The molecule has 10 heteroatoms. The molecule has 3 heterocycles. The van der Waals surface area contributed by atoms with E-state index in [4.69, 9.17) is 17.3 Å². The second-order valence-corrected chi connectivity index (χ2v) is 9.17. The van der Waals surface area contributed by atoms with Gasteiger partial charge in [0.15, 0.2) is 0 Å². The van der Waals surface area contributed by atoms with E-state index >= 15 is 0 Å². The van der Waals surface area contributed by atoms with Gasteiger partial charge in [0.1, 0.15) is 16.9 Å². The number of nitrogens with one attached hydrogen (secondary N) is 1. The topological polar surface area (TPSA) is 129 Å². The highest BCUT2D eigenvalue weighted by molar-refractivity contribution is 6.34. The first-order valence-electron chi connectivity index (χ1n) is 11.4. The molecule has 0 spiro atoms. The average Bonchev–Trinajstić information content (AvgIpc) is 2.84. The fourth-order valence-corrected chi connectivity index (χ4v) is 5.13. The molecule has 4 N–H and O–H groups in total. The van der Waals surface area contributed by atoms with Crippen molar-refractivity contribution in [1.29, 1.82) is 0 Å². The number of amides is 2. The summed E-state index contributed by atoms with van der Waals surface area (Å²) in [5.74, 6) is -1.63. The molecule has 2 fully saturated rings. The number of carbonyl (C=O) groups is 3. The molecule has 0 saturated carbocycles. The van der Waals surface area contributed by atoms with Crippen LogP contribution >= 0.6 is 11.6 Å². The first-order valence-corrected chi connectivity index (χ1v) is 11.8. The molecule has 2 aliphatic heterocycles. The lowest BCUT2D eigenvalue weighted by Crippen LogP contribution is -2.63. The van der Waals surface area contributed by atoms with Gasteiger partial charge in [-0.25, -0.2) is 9.78 Å². The highest BCUT2D eigenvalue weighted by atomic mass is 35.5. The van der Waals surface area contributed by atoms with Gasteiger partial charge in [-0.3, -0.25) is 14.5 Å². The van der Waals surface area contributed by atoms with E-state index in [0.717, 1.165) is 32.4 Å². The number of hydrogen-bond acceptors (Lipinski definition) is 6. The highest BCUT2D eigenvalue weighted by Crippen LogP contribution is 2.34. The Morgan fingerprint density at radius 1 is 1.03 bits per heavy atom. The molecule has 0 unspecified atom stereocenters. The number of nitrogens with two attached hydrogens (primary N) is 1. The van der Waals surface area contributed by atoms with Crippen LogP contribution in [-0.4, -0.2) is 64.5 Å². The van der Waals surface area contributed by atoms with E-state index in [2.05, 4.69) is 15.2 Å². The summed E-state index contributed by atoms with van der Waals surface area (Å²) in [6.45, 7) is 2.61. The van der Waals surface area contributed by atoms with Crippen molar-refractivity contribution in [3.63, 3.8) is 0 Å². The van der Waals surface area contributed by atoms with E-state index in [1.54, 1.807) is 24.3 Å². The molecule has 2 saturated heterocycles. The minimum absolute atomic E-state index is 0.0264. The molecular weight excluding hydrogens is 458 g/mol. The van der Waals surface area contributed by atoms with Gasteiger partial charge in [0, 0.05) is 13.1 Å². The third-order valence-electron chi connectivity index (χ3n) is 6.78. The number of pyridine rings is 1. The highest BCUT2D eigenvalue weighted by Gasteiger charge is 2.45. The van der Waals surface area contributed by atoms with E-state index in [1.807, 2.05) is 4.90 Å². The molecule has 9 nitrogen and oxygen atoms in total. The minimum atomic E-state index is -1.15. The monoisotopic (exact) mass is 485 g/mol. The molecule has 0 radical (unpaired) electrons. The Bertz CT molecular complexity index is 1090. The predicted octanol–water partition coefficient (Wildman–Crippen LogP) is 3.00. The van der Waals surface area contributed by atoms with Crippen molar-refractivity contribution < 1.29 is 19.5 Å². The number of benzene rings is 1. The Hall–Kier alpha value is -3.17. The van der Waals surface area contributed by atoms with Crippen molar-refractivity contribution in [1.82, 2.24) is 9.88 Å². The number of aromatic nitrogens is 1. The minimum Gasteiger partial charge on any atom is -0.478 e. The van der Waals surface area contributed by atoms with Gasteiger partial charge in [0.05, 0.1) is 22.5 Å². The number of carboxylic acids is 1. The molecule has 1 aromatic carbocycles. The van der Waals surface area contributed by atoms with Crippen LogP contribution in [0, 0.1) is 0 Å². The maximum atomic E-state index is 12.6. The Kier molecular flexibility index (Phi) is 7.04. The fourth-order valence-electron chi connectivity index (χ4n) is 4.91. The Balaban J connectivity index is 1.52. The molecule has 0 bridgehead atoms. The van der Waals surface area contributed by atoms with Gasteiger partial charge in [0.2, 0.25) is 5.91 Å². The lowest BCUT2D eigenvalue weighted by Gasteiger charge is -2.48. The average molecular weight is 486 g/mol. The van der Waals surface area contributed by atoms with Gasteiger partial charge in [-0.05, 0) is 57.0 Å². The molecule has 0 aliphatic carbocycles. The van der Waals surface area contributed by atoms with E-state index in [9.17, 15) is 19.5 Å². The normalized spacial score (nSPS) is 18.3. The SMILES string of the molecule is NC(=O)C1(N2CCCCC2)CCN(c2ncc(NC(=O)c3ccccc3Cl)cc2C(=O)O)CC1. The molecule has 34 heavy (non-hydrogen) atoms. The van der Waals surface area contributed by atoms with Gasteiger partial charge in [-0.1, -0.05) is 30.2 Å². The number of piperidine rings is 2. The number of carbonyl (C=O) groups excluding carboxylic acids is 2. The maximum Gasteiger partial charge on any atom is 0.339 e. The van der Waals surface area contributed by atoms with Crippen LogP contribution in [0.2, 0.25) is 5.02 Å². The van der Waals surface area contributed by atoms with Crippen molar-refractivity contribution in [2.45, 2.75) is 37.6 Å². The summed E-state index contributed by atoms with van der Waals surface area (Å²) in [7, 11) is 0. The zero-order valence-electron chi connectivity index (χ0n) is 18.8. The predicted molar refractivity (Wildman–Crippen MR) is 129 cm³/mol. The van der Waals surface area contributed by atoms with Gasteiger partial charge in [-0.15, -0.1) is 0 Å². The van der Waals surface area contributed by atoms with Crippen molar-refractivity contribution >= 4 is 40.9 Å². The zero-order valence-corrected chi connectivity index (χ0v) is 19.6. The zero-order chi connectivity index (χ0) is 24.3. The summed E-state index contributed by atoms with van der Waals surface area (Å²) in [4.78, 5) is 45.5. The fraction of sp³-hybridized carbons (Fsp3) is 0.417. The van der Waals surface area contributed by atoms with Crippen molar-refractivity contribution in [3.05, 3.63) is 52.7 Å². The number of aromatic carboxylic acids is 1. The molecule has 180 valence electrons. The van der Waals surface area contributed by atoms with Crippen LogP contribution in [0.3, 0.4) is 0 Å². The molecular formula is C24H28ClN5O4. The number of rotatable bonds is 6. The number of likely N-dealkylation sites (tertiary alicyclic amines) is 1. The van der Waals surface area contributed by atoms with Crippen LogP contribution in [0.25, 0.3) is 0 Å². The number of anilines is 2. The summed E-state index contributed by atoms with van der Waals surface area (Å²) in [6, 6.07) is 7.98. The Morgan fingerprint density at radius 3 is 2.32 bits per heavy atom. The van der Waals surface area contributed by atoms with Gasteiger partial charge >= 0.3 is 5.97 Å². The summed E-state index contributed by atoms with van der Waals surface area (Å²) >= 11 is 6.08. The lowest BCUT2D eigenvalue weighted by molar-refractivity contribution is -0.132. The molecule has 4 rings (SSSR count). The van der Waals surface area contributed by atoms with Gasteiger partial charge < -0.3 is 21.1 Å². The number of halogens is 1. The second-order valence-electron chi connectivity index (χ2n) is 8.76. The van der Waals surface area contributed by atoms with E-state index in [-0.39, 0.29) is 22.7 Å². The largest absolute Gasteiger partial charge is 0.478 e. The summed E-state index contributed by atoms with van der Waals surface area (Å²) < 4.78 is 0. The van der Waals surface area contributed by atoms with Crippen LogP contribution in [0.4, 0.5) is 11.5 Å². The van der Waals surface area contributed by atoms with Crippen molar-refractivity contribution in [3.8, 4) is 0 Å². The third kappa shape index (κ3) is 4.71. The van der Waals surface area contributed by atoms with E-state index < -0.39 is 17.4 Å². The molecule has 0 atom stereocenters. The summed E-state index contributed by atoms with van der Waals surface area (Å²) in [5.41, 5.74) is 5.66. The lowest BCUT2D eigenvalue weighted by atomic mass is 9.83. The maximum absolute atomic E-state index is 12.6. The van der Waals surface area contributed by atoms with Gasteiger partial charge in [0.25, 0.3) is 5.91 Å². The summed E-state index contributed by atoms with van der Waals surface area (Å²) in [5, 5.41) is 12.8. The first kappa shape index (κ1) is 24.0. The van der Waals surface area contributed by atoms with Crippen LogP contribution in [0.15, 0.2) is 36.5 Å². The second kappa shape index (κ2) is 9.99. The van der Waals surface area contributed by atoms with Gasteiger partial charge in [-0.2, -0.15) is 0 Å². The van der Waals surface area contributed by atoms with Crippen LogP contribution in [0.5, 0.6) is 0 Å². The third-order valence-corrected chi connectivity index (χ3v) is 7.11. The smallest absolute Gasteiger partial charge is 0.339 e. The Labute approximate surface area is 202 Å². The number of nitrogens with zero attached hydrogens (tertiary/aromatic N) is 3. The quantitative estimate of drug-likeness (QED) is 0.573. The summed E-state index contributed by atoms with van der Waals surface area (Å²) in [6.07, 6.45) is 5.69. The number of hydrogen-bond donors (Lipinski definition) is 3. The molecule has 2 aromatic rings. The number of primary amides is 1. The Morgan fingerprint density at radius 2 is 1.71 bits per heavy atom. The van der Waals surface area contributed by atoms with Crippen LogP contribution in [0.1, 0.15) is 52.8 Å².